The van der Waals surface area contributed by atoms with Crippen LogP contribution in [0.25, 0.3) is 0 Å². The summed E-state index contributed by atoms with van der Waals surface area (Å²) in [6.07, 6.45) is 0. The van der Waals surface area contributed by atoms with Crippen molar-refractivity contribution in [1.29, 1.82) is 0 Å². The molecule has 0 unspecified atom stereocenters. The zero-order valence-electron chi connectivity index (χ0n) is 12.0. The number of nitrogens with one attached hydrogen (secondary N) is 2. The van der Waals surface area contributed by atoms with Crippen molar-refractivity contribution < 1.29 is 14.6 Å². The molecule has 9 heteroatoms. The van der Waals surface area contributed by atoms with E-state index in [1.807, 2.05) is 0 Å². The molecule has 1 amide bonds. The number of benzene rings is 2. The van der Waals surface area contributed by atoms with Crippen LogP contribution < -0.4 is 15.4 Å². The highest BCUT2D eigenvalue weighted by atomic mass is 35.5. The molecule has 126 valence electrons. The van der Waals surface area contributed by atoms with Crippen LogP contribution in [0.1, 0.15) is 0 Å². The standard InChI is InChI=1S/C15H11Cl3N2O3S/c16-9-3-1-2-4-12(9)23-7-13(21)20-15(24)19-8-5-10(17)14(22)11(18)6-8/h1-6,22H,7H2,(H2,19,20,21,24). The van der Waals surface area contributed by atoms with Gasteiger partial charge in [-0.3, -0.25) is 10.1 Å². The summed E-state index contributed by atoms with van der Waals surface area (Å²) in [6.45, 7) is -0.261. The largest absolute Gasteiger partial charge is 0.505 e. The lowest BCUT2D eigenvalue weighted by Gasteiger charge is -2.12. The molecule has 0 radical (unpaired) electrons. The minimum Gasteiger partial charge on any atom is -0.505 e. The molecule has 0 atom stereocenters. The highest BCUT2D eigenvalue weighted by Crippen LogP contribution is 2.34. The Morgan fingerprint density at radius 2 is 1.75 bits per heavy atom. The van der Waals surface area contributed by atoms with Gasteiger partial charge in [0.2, 0.25) is 0 Å². The zero-order valence-corrected chi connectivity index (χ0v) is 15.1. The van der Waals surface area contributed by atoms with Crippen LogP contribution in [0.15, 0.2) is 36.4 Å². The fourth-order valence-corrected chi connectivity index (χ4v) is 2.58. The molecule has 2 aromatic rings. The normalized spacial score (nSPS) is 10.1. The summed E-state index contributed by atoms with van der Waals surface area (Å²) in [5, 5.41) is 15.2. The van der Waals surface area contributed by atoms with Crippen LogP contribution in [0.4, 0.5) is 5.69 Å². The van der Waals surface area contributed by atoms with Gasteiger partial charge in [0.05, 0.1) is 15.1 Å². The number of rotatable bonds is 4. The predicted octanol–water partition coefficient (Wildman–Crippen LogP) is 4.24. The number of halogens is 3. The summed E-state index contributed by atoms with van der Waals surface area (Å²) in [7, 11) is 0. The summed E-state index contributed by atoms with van der Waals surface area (Å²) in [5.74, 6) is -0.305. The Morgan fingerprint density at radius 1 is 1.12 bits per heavy atom. The minimum atomic E-state index is -0.469. The van der Waals surface area contributed by atoms with Crippen molar-refractivity contribution in [1.82, 2.24) is 5.32 Å². The molecule has 0 heterocycles. The number of amides is 1. The average Bonchev–Trinajstić information content (AvgIpc) is 2.51. The second kappa shape index (κ2) is 8.39. The first-order valence-electron chi connectivity index (χ1n) is 6.53. The monoisotopic (exact) mass is 404 g/mol. The highest BCUT2D eigenvalue weighted by molar-refractivity contribution is 7.80. The minimum absolute atomic E-state index is 0.0283. The van der Waals surface area contributed by atoms with Crippen LogP contribution in [0.5, 0.6) is 11.5 Å². The molecule has 0 aliphatic carbocycles. The number of phenolic OH excluding ortho intramolecular Hbond substituents is 1. The Morgan fingerprint density at radius 3 is 2.38 bits per heavy atom. The number of ether oxygens (including phenoxy) is 1. The van der Waals surface area contributed by atoms with Gasteiger partial charge in [0.25, 0.3) is 5.91 Å². The number of aromatic hydroxyl groups is 1. The lowest BCUT2D eigenvalue weighted by atomic mass is 10.3. The van der Waals surface area contributed by atoms with Crippen molar-refractivity contribution in [2.75, 3.05) is 11.9 Å². The maximum Gasteiger partial charge on any atom is 0.264 e. The fourth-order valence-electron chi connectivity index (χ4n) is 1.67. The van der Waals surface area contributed by atoms with Crippen molar-refractivity contribution >= 4 is 63.7 Å². The van der Waals surface area contributed by atoms with Crippen molar-refractivity contribution in [3.05, 3.63) is 51.5 Å². The van der Waals surface area contributed by atoms with Gasteiger partial charge in [-0.2, -0.15) is 0 Å². The third-order valence-electron chi connectivity index (χ3n) is 2.72. The van der Waals surface area contributed by atoms with Crippen molar-refractivity contribution in [3.63, 3.8) is 0 Å². The van der Waals surface area contributed by atoms with Crippen LogP contribution in [0, 0.1) is 0 Å². The Labute approximate surface area is 158 Å². The third kappa shape index (κ3) is 5.14. The molecule has 5 nitrogen and oxygen atoms in total. The maximum atomic E-state index is 11.8. The Bertz CT molecular complexity index is 763. The number of hydrogen-bond donors (Lipinski definition) is 3. The van der Waals surface area contributed by atoms with Gasteiger partial charge in [0.1, 0.15) is 5.75 Å². The molecular formula is C15H11Cl3N2O3S. The molecule has 0 bridgehead atoms. The van der Waals surface area contributed by atoms with Gasteiger partial charge < -0.3 is 15.2 Å². The van der Waals surface area contributed by atoms with Crippen molar-refractivity contribution in [2.45, 2.75) is 0 Å². The summed E-state index contributed by atoms with van der Waals surface area (Å²) < 4.78 is 5.30. The van der Waals surface area contributed by atoms with Gasteiger partial charge >= 0.3 is 0 Å². The van der Waals surface area contributed by atoms with Gasteiger partial charge in [-0.1, -0.05) is 46.9 Å². The van der Waals surface area contributed by atoms with Crippen molar-refractivity contribution in [2.24, 2.45) is 0 Å². The van der Waals surface area contributed by atoms with Crippen molar-refractivity contribution in [3.8, 4) is 11.5 Å². The number of hydrogen-bond acceptors (Lipinski definition) is 4. The predicted molar refractivity (Wildman–Crippen MR) is 99.4 cm³/mol. The first-order valence-corrected chi connectivity index (χ1v) is 8.07. The molecule has 3 N–H and O–H groups in total. The Kier molecular flexibility index (Phi) is 6.51. The SMILES string of the molecule is O=C(COc1ccccc1Cl)NC(=S)Nc1cc(Cl)c(O)c(Cl)c1. The van der Waals surface area contributed by atoms with Crippen LogP contribution in [-0.4, -0.2) is 22.7 Å². The molecule has 2 rings (SSSR count). The van der Waals surface area contributed by atoms with E-state index in [2.05, 4.69) is 10.6 Å². The number of carbonyl (C=O) groups is 1. The van der Waals surface area contributed by atoms with E-state index in [9.17, 15) is 9.90 Å². The van der Waals surface area contributed by atoms with Gasteiger partial charge in [0, 0.05) is 5.69 Å². The van der Waals surface area contributed by atoms with Gasteiger partial charge in [-0.15, -0.1) is 0 Å². The van der Waals surface area contributed by atoms with E-state index in [-0.39, 0.29) is 27.5 Å². The number of thiocarbonyl (C=S) groups is 1. The van der Waals surface area contributed by atoms with E-state index in [1.54, 1.807) is 24.3 Å². The van der Waals surface area contributed by atoms with E-state index in [1.165, 1.54) is 12.1 Å². The topological polar surface area (TPSA) is 70.6 Å². The quantitative estimate of drug-likeness (QED) is 0.524. The van der Waals surface area contributed by atoms with Crippen LogP contribution >= 0.6 is 47.0 Å². The van der Waals surface area contributed by atoms with Crippen LogP contribution in [0.2, 0.25) is 15.1 Å². The van der Waals surface area contributed by atoms with E-state index >= 15 is 0 Å². The van der Waals surface area contributed by atoms with E-state index in [4.69, 9.17) is 51.8 Å². The third-order valence-corrected chi connectivity index (χ3v) is 3.82. The second-order valence-corrected chi connectivity index (χ2v) is 6.14. The molecule has 0 aliphatic heterocycles. The molecule has 0 fully saturated rings. The van der Waals surface area contributed by atoms with E-state index in [0.29, 0.717) is 16.5 Å². The van der Waals surface area contributed by atoms with Gasteiger partial charge in [-0.25, -0.2) is 0 Å². The first-order chi connectivity index (χ1) is 11.4. The lowest BCUT2D eigenvalue weighted by molar-refractivity contribution is -0.121. The molecule has 0 aliphatic rings. The number of para-hydroxylation sites is 1. The van der Waals surface area contributed by atoms with E-state index in [0.717, 1.165) is 0 Å². The first kappa shape index (κ1) is 18.6. The van der Waals surface area contributed by atoms with Gasteiger partial charge in [0.15, 0.2) is 17.5 Å². The average molecular weight is 406 g/mol. The Balaban J connectivity index is 1.88. The summed E-state index contributed by atoms with van der Waals surface area (Å²) >= 11 is 22.5. The number of carbonyl (C=O) groups excluding carboxylic acids is 1. The summed E-state index contributed by atoms with van der Waals surface area (Å²) in [5.41, 5.74) is 0.417. The Hall–Kier alpha value is -1.73. The van der Waals surface area contributed by atoms with Gasteiger partial charge in [-0.05, 0) is 36.5 Å². The number of anilines is 1. The molecule has 2 aromatic carbocycles. The molecular weight excluding hydrogens is 395 g/mol. The second-order valence-electron chi connectivity index (χ2n) is 4.51. The smallest absolute Gasteiger partial charge is 0.264 e. The molecule has 24 heavy (non-hydrogen) atoms. The van der Waals surface area contributed by atoms with Crippen LogP contribution in [0.3, 0.4) is 0 Å². The molecule has 0 spiro atoms. The van der Waals surface area contributed by atoms with E-state index < -0.39 is 5.91 Å². The zero-order chi connectivity index (χ0) is 17.7. The fraction of sp³-hybridized carbons (Fsp3) is 0.0667. The molecule has 0 aromatic heterocycles. The maximum absolute atomic E-state index is 11.8. The summed E-state index contributed by atoms with van der Waals surface area (Å²) in [6, 6.07) is 9.63. The number of phenols is 1. The molecule has 0 saturated carbocycles. The molecule has 0 saturated heterocycles. The summed E-state index contributed by atoms with van der Waals surface area (Å²) in [4.78, 5) is 11.8. The lowest BCUT2D eigenvalue weighted by Crippen LogP contribution is -2.37. The van der Waals surface area contributed by atoms with Crippen LogP contribution in [-0.2, 0) is 4.79 Å². The highest BCUT2D eigenvalue weighted by Gasteiger charge is 2.10.